The van der Waals surface area contributed by atoms with Gasteiger partial charge in [0.2, 0.25) is 17.4 Å². The van der Waals surface area contributed by atoms with E-state index in [4.69, 9.17) is 15.7 Å². The summed E-state index contributed by atoms with van der Waals surface area (Å²) < 4.78 is 9.37. The Morgan fingerprint density at radius 1 is 1.52 bits per heavy atom. The number of nitrogen functional groups attached to an aromatic ring is 1. The highest BCUT2D eigenvalue weighted by atomic mass is 32.2. The number of nitrogens with two attached hydrogens (primary N) is 1. The molecule has 0 radical (unpaired) electrons. The van der Waals surface area contributed by atoms with Gasteiger partial charge in [0.05, 0.1) is 0 Å². The SMILES string of the molecule is CC(=O)OCC1(C(=O)O)CS[C@@H]2C(NC(=O)C(=NO)c3noc(N)n3)C(=O)N2C1. The van der Waals surface area contributed by atoms with Crippen LogP contribution in [0.5, 0.6) is 0 Å². The smallest absolute Gasteiger partial charge is 0.319 e. The van der Waals surface area contributed by atoms with Crippen LogP contribution in [0.15, 0.2) is 9.68 Å². The van der Waals surface area contributed by atoms with Crippen LogP contribution in [-0.2, 0) is 23.9 Å². The molecule has 29 heavy (non-hydrogen) atoms. The fourth-order valence-corrected chi connectivity index (χ4v) is 4.40. The second kappa shape index (κ2) is 7.57. The van der Waals surface area contributed by atoms with Crippen LogP contribution in [0.2, 0.25) is 0 Å². The Hall–Kier alpha value is -3.36. The number of anilines is 1. The van der Waals surface area contributed by atoms with Crippen LogP contribution >= 0.6 is 11.8 Å². The first-order chi connectivity index (χ1) is 13.7. The van der Waals surface area contributed by atoms with E-state index >= 15 is 0 Å². The van der Waals surface area contributed by atoms with Gasteiger partial charge in [0, 0.05) is 19.2 Å². The summed E-state index contributed by atoms with van der Waals surface area (Å²) in [6.07, 6.45) is 0. The highest BCUT2D eigenvalue weighted by molar-refractivity contribution is 8.00. The predicted molar refractivity (Wildman–Crippen MR) is 93.6 cm³/mol. The van der Waals surface area contributed by atoms with Crippen LogP contribution in [0, 0.1) is 5.41 Å². The number of aromatic nitrogens is 2. The van der Waals surface area contributed by atoms with E-state index in [2.05, 4.69) is 25.1 Å². The van der Waals surface area contributed by atoms with Crippen LogP contribution in [0.4, 0.5) is 6.01 Å². The minimum absolute atomic E-state index is 0.0543. The molecule has 3 rings (SSSR count). The van der Waals surface area contributed by atoms with E-state index in [-0.39, 0.29) is 30.7 Å². The molecule has 2 fully saturated rings. The number of nitrogens with one attached hydrogen (secondary N) is 1. The zero-order valence-electron chi connectivity index (χ0n) is 14.9. The number of aliphatic carboxylic acids is 1. The first kappa shape index (κ1) is 20.4. The van der Waals surface area contributed by atoms with Crippen LogP contribution in [0.25, 0.3) is 0 Å². The zero-order valence-corrected chi connectivity index (χ0v) is 15.7. The fourth-order valence-electron chi connectivity index (χ4n) is 2.88. The number of carbonyl (C=O) groups excluding carboxylic acids is 3. The number of rotatable bonds is 6. The quantitative estimate of drug-likeness (QED) is 0.126. The van der Waals surface area contributed by atoms with Gasteiger partial charge < -0.3 is 35.5 Å². The molecule has 1 aromatic rings. The molecule has 3 heterocycles. The molecule has 2 aliphatic rings. The van der Waals surface area contributed by atoms with E-state index in [1.165, 1.54) is 4.90 Å². The monoisotopic (exact) mass is 428 g/mol. The standard InChI is InChI=1S/C14H16N6O8S/c1-5(21)27-3-14(12(24)25)2-20-10(23)7(11(20)29-4-14)16-9(22)6(18-26)8-17-13(15)28-19-8/h7,11,26H,2-4H2,1H3,(H,16,22)(H,24,25)(H2,15,17,19)/t7?,11-,14?/m1/s1. The molecule has 2 amide bonds. The molecule has 3 atom stereocenters. The number of thioether (sulfide) groups is 1. The van der Waals surface area contributed by atoms with Gasteiger partial charge in [-0.25, -0.2) is 0 Å². The van der Waals surface area contributed by atoms with Gasteiger partial charge in [0.1, 0.15) is 23.4 Å². The van der Waals surface area contributed by atoms with Crippen molar-refractivity contribution in [3.05, 3.63) is 5.82 Å². The van der Waals surface area contributed by atoms with Crippen LogP contribution in [0.3, 0.4) is 0 Å². The van der Waals surface area contributed by atoms with Crippen molar-refractivity contribution in [1.29, 1.82) is 0 Å². The third-order valence-corrected chi connectivity index (χ3v) is 5.99. The van der Waals surface area contributed by atoms with E-state index < -0.39 is 46.3 Å². The van der Waals surface area contributed by atoms with E-state index in [1.807, 2.05) is 0 Å². The van der Waals surface area contributed by atoms with Gasteiger partial charge in [-0.05, 0) is 0 Å². The summed E-state index contributed by atoms with van der Waals surface area (Å²) in [5, 5.41) is 26.6. The van der Waals surface area contributed by atoms with E-state index in [0.717, 1.165) is 18.7 Å². The summed E-state index contributed by atoms with van der Waals surface area (Å²) >= 11 is 1.12. The lowest BCUT2D eigenvalue weighted by atomic mass is 9.88. The predicted octanol–water partition coefficient (Wildman–Crippen LogP) is -2.14. The van der Waals surface area contributed by atoms with Gasteiger partial charge in [-0.15, -0.1) is 11.8 Å². The number of fused-ring (bicyclic) bond motifs is 1. The Labute approximate surface area is 166 Å². The maximum atomic E-state index is 12.5. The summed E-state index contributed by atoms with van der Waals surface area (Å²) in [5.41, 5.74) is 3.21. The van der Waals surface area contributed by atoms with Crippen molar-refractivity contribution < 1.29 is 38.8 Å². The molecule has 14 nitrogen and oxygen atoms in total. The molecular formula is C14H16N6O8S. The van der Waals surface area contributed by atoms with Crippen LogP contribution < -0.4 is 11.1 Å². The van der Waals surface area contributed by atoms with Gasteiger partial charge >= 0.3 is 18.0 Å². The molecule has 2 unspecified atom stereocenters. The molecule has 15 heteroatoms. The lowest BCUT2D eigenvalue weighted by Crippen LogP contribution is -2.74. The number of carbonyl (C=O) groups is 4. The van der Waals surface area contributed by atoms with Crippen molar-refractivity contribution >= 4 is 47.2 Å². The molecule has 2 saturated heterocycles. The molecule has 1 aromatic heterocycles. The summed E-state index contributed by atoms with van der Waals surface area (Å²) in [6.45, 7) is 0.603. The van der Waals surface area contributed by atoms with Crippen molar-refractivity contribution in [2.24, 2.45) is 10.6 Å². The first-order valence-electron chi connectivity index (χ1n) is 8.10. The molecule has 2 aliphatic heterocycles. The maximum absolute atomic E-state index is 12.5. The molecule has 0 spiro atoms. The van der Waals surface area contributed by atoms with E-state index in [9.17, 15) is 24.3 Å². The number of oxime groups is 1. The largest absolute Gasteiger partial charge is 0.481 e. The topological polar surface area (TPSA) is 211 Å². The summed E-state index contributed by atoms with van der Waals surface area (Å²) in [5.74, 6) is -3.62. The van der Waals surface area contributed by atoms with E-state index in [0.29, 0.717) is 0 Å². The molecule has 5 N–H and O–H groups in total. The van der Waals surface area contributed by atoms with E-state index in [1.54, 1.807) is 0 Å². The number of hydrogen-bond acceptors (Lipinski definition) is 12. The summed E-state index contributed by atoms with van der Waals surface area (Å²) in [6, 6.07) is -1.32. The highest BCUT2D eigenvalue weighted by Gasteiger charge is 2.58. The fraction of sp³-hybridized carbons (Fsp3) is 0.500. The second-order valence-electron chi connectivity index (χ2n) is 6.39. The van der Waals surface area contributed by atoms with Crippen LogP contribution in [0.1, 0.15) is 12.7 Å². The maximum Gasteiger partial charge on any atom is 0.319 e. The van der Waals surface area contributed by atoms with Crippen LogP contribution in [-0.4, -0.2) is 85.1 Å². The number of esters is 1. The molecule has 156 valence electrons. The van der Waals surface area contributed by atoms with Gasteiger partial charge in [-0.3, -0.25) is 19.2 Å². The normalized spacial score (nSPS) is 26.3. The van der Waals surface area contributed by atoms with Crippen molar-refractivity contribution in [2.75, 3.05) is 24.6 Å². The summed E-state index contributed by atoms with van der Waals surface area (Å²) in [7, 11) is 0. The van der Waals surface area contributed by atoms with Gasteiger partial charge in [0.25, 0.3) is 5.91 Å². The Kier molecular flexibility index (Phi) is 5.32. The second-order valence-corrected chi connectivity index (χ2v) is 7.49. The molecule has 0 bridgehead atoms. The van der Waals surface area contributed by atoms with Crippen molar-refractivity contribution in [2.45, 2.75) is 18.3 Å². The Morgan fingerprint density at radius 2 is 2.24 bits per heavy atom. The van der Waals surface area contributed by atoms with Gasteiger partial charge in [-0.1, -0.05) is 10.3 Å². The number of ether oxygens (including phenoxy) is 1. The number of hydrogen-bond donors (Lipinski definition) is 4. The highest BCUT2D eigenvalue weighted by Crippen LogP contribution is 2.42. The van der Waals surface area contributed by atoms with Gasteiger partial charge in [-0.2, -0.15) is 4.98 Å². The molecule has 0 aromatic carbocycles. The average molecular weight is 428 g/mol. The number of carboxylic acid groups (broad SMARTS) is 1. The first-order valence-corrected chi connectivity index (χ1v) is 9.15. The zero-order chi connectivity index (χ0) is 21.3. The molecule has 0 aliphatic carbocycles. The molecule has 0 saturated carbocycles. The molecular weight excluding hydrogens is 412 g/mol. The Bertz CT molecular complexity index is 902. The lowest BCUT2D eigenvalue weighted by Gasteiger charge is -2.53. The third kappa shape index (κ3) is 3.67. The lowest BCUT2D eigenvalue weighted by molar-refractivity contribution is -0.164. The Balaban J connectivity index is 1.67. The Morgan fingerprint density at radius 3 is 2.79 bits per heavy atom. The summed E-state index contributed by atoms with van der Waals surface area (Å²) in [4.78, 5) is 52.4. The number of amides is 2. The minimum atomic E-state index is -1.45. The number of β-lactam (4-membered cyclic amide) rings is 1. The third-order valence-electron chi connectivity index (χ3n) is 4.41. The number of carboxylic acids is 1. The number of nitrogens with zero attached hydrogens (tertiary/aromatic N) is 4. The van der Waals surface area contributed by atoms with Crippen molar-refractivity contribution in [3.8, 4) is 0 Å². The average Bonchev–Trinajstić information content (AvgIpc) is 3.10. The minimum Gasteiger partial charge on any atom is -0.481 e. The van der Waals surface area contributed by atoms with Crippen molar-refractivity contribution in [1.82, 2.24) is 20.4 Å². The van der Waals surface area contributed by atoms with Crippen molar-refractivity contribution in [3.63, 3.8) is 0 Å². The van der Waals surface area contributed by atoms with Gasteiger partial charge in [0.15, 0.2) is 0 Å².